The van der Waals surface area contributed by atoms with Gasteiger partial charge >= 0.3 is 0 Å². The molecule has 0 aromatic rings. The molecule has 1 rings (SSSR count). The maximum atomic E-state index is 11.6. The summed E-state index contributed by atoms with van der Waals surface area (Å²) in [5.74, 6) is -0.182. The second kappa shape index (κ2) is 10.7. The quantitative estimate of drug-likeness (QED) is 0.526. The molecule has 23 heavy (non-hydrogen) atoms. The van der Waals surface area contributed by atoms with E-state index < -0.39 is 0 Å². The molecule has 0 aromatic carbocycles. The summed E-state index contributed by atoms with van der Waals surface area (Å²) < 4.78 is 10.5. The number of nitrogens with zero attached hydrogens (tertiary/aromatic N) is 1. The Morgan fingerprint density at radius 1 is 1.13 bits per heavy atom. The molecular formula is C16H24N2O5. The third-order valence-electron chi connectivity index (χ3n) is 3.13. The van der Waals surface area contributed by atoms with Gasteiger partial charge in [0, 0.05) is 37.7 Å². The molecule has 1 aliphatic rings. The lowest BCUT2D eigenvalue weighted by Crippen LogP contribution is -2.32. The molecule has 0 spiro atoms. The van der Waals surface area contributed by atoms with Crippen LogP contribution in [-0.2, 0) is 23.9 Å². The normalized spacial score (nSPS) is 13.7. The van der Waals surface area contributed by atoms with E-state index >= 15 is 0 Å². The van der Waals surface area contributed by atoms with Gasteiger partial charge in [0.1, 0.15) is 5.78 Å². The van der Waals surface area contributed by atoms with Crippen LogP contribution < -0.4 is 5.32 Å². The van der Waals surface area contributed by atoms with Crippen LogP contribution in [0.2, 0.25) is 0 Å². The summed E-state index contributed by atoms with van der Waals surface area (Å²) in [5.41, 5.74) is 0.607. The van der Waals surface area contributed by atoms with Gasteiger partial charge in [0.15, 0.2) is 0 Å². The molecular weight excluding hydrogens is 300 g/mol. The summed E-state index contributed by atoms with van der Waals surface area (Å²) in [6, 6.07) is 0. The Morgan fingerprint density at radius 2 is 1.83 bits per heavy atom. The van der Waals surface area contributed by atoms with Crippen molar-refractivity contribution in [3.8, 4) is 0 Å². The molecule has 0 aromatic heterocycles. The highest BCUT2D eigenvalue weighted by molar-refractivity contribution is 5.93. The fourth-order valence-electron chi connectivity index (χ4n) is 1.84. The average Bonchev–Trinajstić information content (AvgIpc) is 2.82. The van der Waals surface area contributed by atoms with E-state index in [2.05, 4.69) is 11.9 Å². The SMILES string of the molecule is C=C1C=CC(=O)N1CCC(=O)NCCOCCOCCC(C)=O. The summed E-state index contributed by atoms with van der Waals surface area (Å²) in [7, 11) is 0. The van der Waals surface area contributed by atoms with Crippen molar-refractivity contribution in [2.45, 2.75) is 19.8 Å². The third kappa shape index (κ3) is 8.27. The molecule has 0 saturated carbocycles. The van der Waals surface area contributed by atoms with Gasteiger partial charge in [0.25, 0.3) is 5.91 Å². The summed E-state index contributed by atoms with van der Waals surface area (Å²) >= 11 is 0. The molecule has 0 bridgehead atoms. The van der Waals surface area contributed by atoms with Crippen LogP contribution >= 0.6 is 0 Å². The zero-order chi connectivity index (χ0) is 17.1. The molecule has 7 heteroatoms. The van der Waals surface area contributed by atoms with Gasteiger partial charge in [-0.2, -0.15) is 0 Å². The Labute approximate surface area is 136 Å². The number of hydrogen-bond donors (Lipinski definition) is 1. The minimum absolute atomic E-state index is 0.101. The topological polar surface area (TPSA) is 84.9 Å². The number of nitrogens with one attached hydrogen (secondary N) is 1. The van der Waals surface area contributed by atoms with Crippen molar-refractivity contribution in [3.63, 3.8) is 0 Å². The Morgan fingerprint density at radius 3 is 2.43 bits per heavy atom. The predicted octanol–water partition coefficient (Wildman–Crippen LogP) is 0.417. The van der Waals surface area contributed by atoms with Gasteiger partial charge in [-0.1, -0.05) is 6.58 Å². The van der Waals surface area contributed by atoms with Gasteiger partial charge in [-0.05, 0) is 13.0 Å². The smallest absolute Gasteiger partial charge is 0.251 e. The minimum atomic E-state index is -0.143. The Balaban J connectivity index is 1.93. The highest BCUT2D eigenvalue weighted by Gasteiger charge is 2.18. The summed E-state index contributed by atoms with van der Waals surface area (Å²) in [4.78, 5) is 35.2. The maximum absolute atomic E-state index is 11.6. The molecule has 7 nitrogen and oxygen atoms in total. The number of ether oxygens (including phenoxy) is 2. The van der Waals surface area contributed by atoms with E-state index in [-0.39, 0.29) is 24.0 Å². The monoisotopic (exact) mass is 324 g/mol. The molecule has 0 unspecified atom stereocenters. The second-order valence-electron chi connectivity index (χ2n) is 5.09. The van der Waals surface area contributed by atoms with Crippen LogP contribution in [0.4, 0.5) is 0 Å². The average molecular weight is 324 g/mol. The molecule has 2 amide bonds. The predicted molar refractivity (Wildman–Crippen MR) is 84.6 cm³/mol. The number of rotatable bonds is 12. The van der Waals surface area contributed by atoms with Crippen LogP contribution in [0, 0.1) is 0 Å². The van der Waals surface area contributed by atoms with Gasteiger partial charge in [0.2, 0.25) is 5.91 Å². The van der Waals surface area contributed by atoms with Crippen molar-refractivity contribution in [2.75, 3.05) is 39.5 Å². The molecule has 0 atom stereocenters. The molecule has 0 fully saturated rings. The van der Waals surface area contributed by atoms with E-state index in [9.17, 15) is 14.4 Å². The molecule has 1 aliphatic heterocycles. The molecule has 0 aliphatic carbocycles. The first-order valence-electron chi connectivity index (χ1n) is 7.61. The number of ketones is 1. The molecule has 0 radical (unpaired) electrons. The van der Waals surface area contributed by atoms with Gasteiger partial charge in [-0.3, -0.25) is 14.4 Å². The highest BCUT2D eigenvalue weighted by atomic mass is 16.5. The first-order chi connectivity index (χ1) is 11.0. The minimum Gasteiger partial charge on any atom is -0.379 e. The molecule has 1 heterocycles. The summed E-state index contributed by atoms with van der Waals surface area (Å²) in [5, 5.41) is 2.72. The van der Waals surface area contributed by atoms with E-state index in [4.69, 9.17) is 9.47 Å². The van der Waals surface area contributed by atoms with Crippen molar-refractivity contribution in [2.24, 2.45) is 0 Å². The van der Waals surface area contributed by atoms with Gasteiger partial charge < -0.3 is 19.7 Å². The zero-order valence-electron chi connectivity index (χ0n) is 13.5. The number of amides is 2. The number of hydrogen-bond acceptors (Lipinski definition) is 5. The maximum Gasteiger partial charge on any atom is 0.251 e. The Kier molecular flexibility index (Phi) is 8.86. The Bertz CT molecular complexity index is 455. The van der Waals surface area contributed by atoms with E-state index in [1.54, 1.807) is 6.08 Å². The Hall–Kier alpha value is -1.99. The number of carbonyl (C=O) groups is 3. The van der Waals surface area contributed by atoms with Crippen molar-refractivity contribution in [1.29, 1.82) is 0 Å². The lowest BCUT2D eigenvalue weighted by molar-refractivity contribution is -0.125. The van der Waals surface area contributed by atoms with Crippen molar-refractivity contribution in [1.82, 2.24) is 10.2 Å². The van der Waals surface area contributed by atoms with E-state index in [1.807, 2.05) is 0 Å². The highest BCUT2D eigenvalue weighted by Crippen LogP contribution is 2.12. The van der Waals surface area contributed by atoms with E-state index in [0.29, 0.717) is 51.6 Å². The van der Waals surface area contributed by atoms with Crippen molar-refractivity contribution in [3.05, 3.63) is 24.4 Å². The van der Waals surface area contributed by atoms with Crippen LogP contribution in [0.5, 0.6) is 0 Å². The largest absolute Gasteiger partial charge is 0.379 e. The zero-order valence-corrected chi connectivity index (χ0v) is 13.5. The van der Waals surface area contributed by atoms with Crippen molar-refractivity contribution < 1.29 is 23.9 Å². The summed E-state index contributed by atoms with van der Waals surface area (Å²) in [6.07, 6.45) is 3.71. The molecule has 1 N–H and O–H groups in total. The fraction of sp³-hybridized carbons (Fsp3) is 0.562. The molecule has 0 saturated heterocycles. The fourth-order valence-corrected chi connectivity index (χ4v) is 1.84. The van der Waals surface area contributed by atoms with Crippen LogP contribution in [0.3, 0.4) is 0 Å². The number of allylic oxidation sites excluding steroid dienone is 1. The van der Waals surface area contributed by atoms with Crippen LogP contribution in [0.15, 0.2) is 24.4 Å². The van der Waals surface area contributed by atoms with Gasteiger partial charge in [-0.15, -0.1) is 0 Å². The molecule has 128 valence electrons. The summed E-state index contributed by atoms with van der Waals surface area (Å²) in [6.45, 7) is 7.61. The van der Waals surface area contributed by atoms with Gasteiger partial charge in [0.05, 0.1) is 26.4 Å². The first kappa shape index (κ1) is 19.1. The van der Waals surface area contributed by atoms with E-state index in [1.165, 1.54) is 17.9 Å². The number of Topliss-reactive ketones (excluding diaryl/α,β-unsaturated/α-hetero) is 1. The van der Waals surface area contributed by atoms with Crippen LogP contribution in [0.25, 0.3) is 0 Å². The number of carbonyl (C=O) groups excluding carboxylic acids is 3. The standard InChI is InChI=1S/C16H24N2O5/c1-13-3-4-16(21)18(13)8-5-15(20)17-7-10-23-12-11-22-9-6-14(2)19/h3-4H,1,5-12H2,2H3,(H,17,20). The van der Waals surface area contributed by atoms with Gasteiger partial charge in [-0.25, -0.2) is 0 Å². The van der Waals surface area contributed by atoms with E-state index in [0.717, 1.165) is 0 Å². The van der Waals surface area contributed by atoms with Crippen LogP contribution in [0.1, 0.15) is 19.8 Å². The van der Waals surface area contributed by atoms with Crippen molar-refractivity contribution >= 4 is 17.6 Å². The third-order valence-corrected chi connectivity index (χ3v) is 3.13. The first-order valence-corrected chi connectivity index (χ1v) is 7.61. The second-order valence-corrected chi connectivity index (χ2v) is 5.09. The van der Waals surface area contributed by atoms with Crippen LogP contribution in [-0.4, -0.2) is 62.0 Å². The lowest BCUT2D eigenvalue weighted by atomic mass is 10.3. The lowest BCUT2D eigenvalue weighted by Gasteiger charge is -2.16.